The van der Waals surface area contributed by atoms with Gasteiger partial charge in [0.05, 0.1) is 44.5 Å². The molecule has 164 valence electrons. The Bertz CT molecular complexity index is 1400. The Kier molecular flexibility index (Phi) is 5.87. The molecule has 0 radical (unpaired) electrons. The Morgan fingerprint density at radius 1 is 1.00 bits per heavy atom. The van der Waals surface area contributed by atoms with Crippen LogP contribution in [-0.2, 0) is 13.1 Å². The molecule has 0 saturated heterocycles. The lowest BCUT2D eigenvalue weighted by molar-refractivity contribution is 0.0971. The molecule has 4 aromatic rings. The third-order valence-electron chi connectivity index (χ3n) is 5.09. The van der Waals surface area contributed by atoms with Crippen molar-refractivity contribution in [3.8, 4) is 11.5 Å². The van der Waals surface area contributed by atoms with Gasteiger partial charge in [0, 0.05) is 16.7 Å². The smallest absolute Gasteiger partial charge is 0.332 e. The van der Waals surface area contributed by atoms with Crippen molar-refractivity contribution in [2.45, 2.75) is 13.1 Å². The first-order valence-electron chi connectivity index (χ1n) is 9.63. The topological polar surface area (TPSA) is 92.7 Å². The molecular weight excluding hydrogens is 436 g/mol. The maximum Gasteiger partial charge on any atom is 0.332 e. The number of aromatic nitrogens is 2. The first-order chi connectivity index (χ1) is 15.4. The summed E-state index contributed by atoms with van der Waals surface area (Å²) >= 11 is 5.91. The standard InChI is InChI=1S/C23H19ClN2O6/c1-30-20-10-17-18(11-21(20)31-2)25(13-19(27)14-5-7-15(24)8-6-14)23(29)26(22(17)28)12-16-4-3-9-32-16/h3-11H,12-13H2,1-2H3. The second kappa shape index (κ2) is 8.76. The highest BCUT2D eigenvalue weighted by atomic mass is 35.5. The molecule has 0 atom stereocenters. The Balaban J connectivity index is 1.93. The van der Waals surface area contributed by atoms with Gasteiger partial charge in [-0.2, -0.15) is 0 Å². The molecule has 0 N–H and O–H groups in total. The van der Waals surface area contributed by atoms with Crippen molar-refractivity contribution < 1.29 is 18.7 Å². The van der Waals surface area contributed by atoms with E-state index >= 15 is 0 Å². The van der Waals surface area contributed by atoms with Crippen LogP contribution in [0.25, 0.3) is 10.9 Å². The van der Waals surface area contributed by atoms with Gasteiger partial charge in [-0.15, -0.1) is 0 Å². The van der Waals surface area contributed by atoms with Crippen LogP contribution >= 0.6 is 11.6 Å². The molecule has 0 spiro atoms. The van der Waals surface area contributed by atoms with Crippen molar-refractivity contribution in [2.24, 2.45) is 0 Å². The lowest BCUT2D eigenvalue weighted by Gasteiger charge is -2.16. The molecular formula is C23H19ClN2O6. The number of fused-ring (bicyclic) bond motifs is 1. The van der Waals surface area contributed by atoms with E-state index in [0.29, 0.717) is 27.8 Å². The zero-order valence-electron chi connectivity index (χ0n) is 17.3. The number of Topliss-reactive ketones (excluding diaryl/α,β-unsaturated/α-hetero) is 1. The number of carbonyl (C=O) groups excluding carboxylic acids is 1. The normalized spacial score (nSPS) is 11.0. The van der Waals surface area contributed by atoms with Crippen LogP contribution in [-0.4, -0.2) is 29.1 Å². The summed E-state index contributed by atoms with van der Waals surface area (Å²) in [5.74, 6) is 0.772. The van der Waals surface area contributed by atoms with Gasteiger partial charge in [-0.25, -0.2) is 4.79 Å². The predicted molar refractivity (Wildman–Crippen MR) is 119 cm³/mol. The molecule has 2 aromatic carbocycles. The lowest BCUT2D eigenvalue weighted by Crippen LogP contribution is -2.41. The fraction of sp³-hybridized carbons (Fsp3) is 0.174. The van der Waals surface area contributed by atoms with E-state index in [1.165, 1.54) is 37.2 Å². The fourth-order valence-electron chi connectivity index (χ4n) is 3.47. The van der Waals surface area contributed by atoms with E-state index in [9.17, 15) is 14.4 Å². The number of ketones is 1. The molecule has 0 aliphatic heterocycles. The van der Waals surface area contributed by atoms with Crippen molar-refractivity contribution in [3.63, 3.8) is 0 Å². The first kappa shape index (κ1) is 21.5. The molecule has 0 aliphatic carbocycles. The van der Waals surface area contributed by atoms with Gasteiger partial charge >= 0.3 is 5.69 Å². The summed E-state index contributed by atoms with van der Waals surface area (Å²) in [7, 11) is 2.90. The number of hydrogen-bond acceptors (Lipinski definition) is 6. The van der Waals surface area contributed by atoms with Crippen LogP contribution in [0.1, 0.15) is 16.1 Å². The number of methoxy groups -OCH3 is 2. The van der Waals surface area contributed by atoms with Crippen LogP contribution in [0.5, 0.6) is 11.5 Å². The van der Waals surface area contributed by atoms with Crippen molar-refractivity contribution in [1.29, 1.82) is 0 Å². The molecule has 2 heterocycles. The third kappa shape index (κ3) is 3.92. The second-order valence-corrected chi connectivity index (χ2v) is 7.43. The highest BCUT2D eigenvalue weighted by Crippen LogP contribution is 2.30. The lowest BCUT2D eigenvalue weighted by atomic mass is 10.1. The minimum absolute atomic E-state index is 0.0793. The summed E-state index contributed by atoms with van der Waals surface area (Å²) < 4.78 is 18.2. The quantitative estimate of drug-likeness (QED) is 0.397. The van der Waals surface area contributed by atoms with Crippen molar-refractivity contribution in [3.05, 3.63) is 92.0 Å². The van der Waals surface area contributed by atoms with Crippen LogP contribution < -0.4 is 20.7 Å². The van der Waals surface area contributed by atoms with Crippen molar-refractivity contribution in [2.75, 3.05) is 14.2 Å². The molecule has 0 fully saturated rings. The van der Waals surface area contributed by atoms with Crippen LogP contribution in [0, 0.1) is 0 Å². The molecule has 2 aromatic heterocycles. The van der Waals surface area contributed by atoms with Crippen LogP contribution in [0.3, 0.4) is 0 Å². The van der Waals surface area contributed by atoms with E-state index in [4.69, 9.17) is 25.5 Å². The Labute approximate surface area is 187 Å². The number of carbonyl (C=O) groups is 1. The first-order valence-corrected chi connectivity index (χ1v) is 10.0. The number of furan rings is 1. The molecule has 0 unspecified atom stereocenters. The summed E-state index contributed by atoms with van der Waals surface area (Å²) in [5.41, 5.74) is -0.527. The molecule has 32 heavy (non-hydrogen) atoms. The zero-order valence-corrected chi connectivity index (χ0v) is 18.1. The van der Waals surface area contributed by atoms with E-state index < -0.39 is 11.2 Å². The van der Waals surface area contributed by atoms with E-state index in [-0.39, 0.29) is 29.8 Å². The number of ether oxygens (including phenoxy) is 2. The minimum atomic E-state index is -0.645. The maximum atomic E-state index is 13.3. The highest BCUT2D eigenvalue weighted by Gasteiger charge is 2.20. The van der Waals surface area contributed by atoms with E-state index in [2.05, 4.69) is 0 Å². The molecule has 9 heteroatoms. The molecule has 0 bridgehead atoms. The van der Waals surface area contributed by atoms with E-state index in [0.717, 1.165) is 4.57 Å². The average molecular weight is 455 g/mol. The monoisotopic (exact) mass is 454 g/mol. The van der Waals surface area contributed by atoms with Crippen LogP contribution in [0.15, 0.2) is 68.8 Å². The largest absolute Gasteiger partial charge is 0.493 e. The third-order valence-corrected chi connectivity index (χ3v) is 5.34. The van der Waals surface area contributed by atoms with Gasteiger partial charge in [0.15, 0.2) is 17.3 Å². The summed E-state index contributed by atoms with van der Waals surface area (Å²) in [6.45, 7) is -0.366. The van der Waals surface area contributed by atoms with Crippen molar-refractivity contribution in [1.82, 2.24) is 9.13 Å². The number of hydrogen-bond donors (Lipinski definition) is 0. The summed E-state index contributed by atoms with van der Waals surface area (Å²) in [6.07, 6.45) is 1.46. The molecule has 0 amide bonds. The van der Waals surface area contributed by atoms with Gasteiger partial charge in [-0.05, 0) is 42.5 Å². The predicted octanol–water partition coefficient (Wildman–Crippen LogP) is 3.36. The SMILES string of the molecule is COc1cc2c(=O)n(Cc3ccco3)c(=O)n(CC(=O)c3ccc(Cl)cc3)c2cc1OC. The van der Waals surface area contributed by atoms with Crippen LogP contribution in [0.4, 0.5) is 0 Å². The molecule has 0 aliphatic rings. The summed E-state index contributed by atoms with van der Waals surface area (Å²) in [6, 6.07) is 12.7. The second-order valence-electron chi connectivity index (χ2n) is 6.99. The minimum Gasteiger partial charge on any atom is -0.493 e. The zero-order chi connectivity index (χ0) is 22.8. The van der Waals surface area contributed by atoms with Gasteiger partial charge in [0.1, 0.15) is 5.76 Å². The summed E-state index contributed by atoms with van der Waals surface area (Å²) in [5, 5.41) is 0.700. The maximum absolute atomic E-state index is 13.3. The Morgan fingerprint density at radius 3 is 2.31 bits per heavy atom. The Morgan fingerprint density at radius 2 is 1.69 bits per heavy atom. The number of benzene rings is 2. The van der Waals surface area contributed by atoms with Gasteiger partial charge < -0.3 is 13.9 Å². The van der Waals surface area contributed by atoms with Gasteiger partial charge in [-0.3, -0.25) is 18.7 Å². The van der Waals surface area contributed by atoms with E-state index in [1.807, 2.05) is 0 Å². The van der Waals surface area contributed by atoms with Crippen LogP contribution in [0.2, 0.25) is 5.02 Å². The number of halogens is 1. The molecule has 8 nitrogen and oxygen atoms in total. The average Bonchev–Trinajstić information content (AvgIpc) is 3.32. The molecule has 4 rings (SSSR count). The highest BCUT2D eigenvalue weighted by molar-refractivity contribution is 6.30. The van der Waals surface area contributed by atoms with Gasteiger partial charge in [0.2, 0.25) is 0 Å². The molecule has 0 saturated carbocycles. The Hall–Kier alpha value is -3.78. The number of nitrogens with zero attached hydrogens (tertiary/aromatic N) is 2. The number of rotatable bonds is 7. The van der Waals surface area contributed by atoms with Crippen molar-refractivity contribution >= 4 is 28.3 Å². The van der Waals surface area contributed by atoms with Gasteiger partial charge in [0.25, 0.3) is 5.56 Å². The fourth-order valence-corrected chi connectivity index (χ4v) is 3.59. The van der Waals surface area contributed by atoms with Gasteiger partial charge in [-0.1, -0.05) is 11.6 Å². The van der Waals surface area contributed by atoms with E-state index in [1.54, 1.807) is 36.4 Å². The summed E-state index contributed by atoms with van der Waals surface area (Å²) in [4.78, 5) is 39.5.